The van der Waals surface area contributed by atoms with Gasteiger partial charge in [0.25, 0.3) is 0 Å². The molecule has 1 N–H and O–H groups in total. The first-order chi connectivity index (χ1) is 13.8. The van der Waals surface area contributed by atoms with Gasteiger partial charge in [0.05, 0.1) is 0 Å². The summed E-state index contributed by atoms with van der Waals surface area (Å²) in [6, 6.07) is 15.1. The summed E-state index contributed by atoms with van der Waals surface area (Å²) in [7, 11) is 0. The number of benzene rings is 2. The fourth-order valence-electron chi connectivity index (χ4n) is 2.83. The van der Waals surface area contributed by atoms with Crippen LogP contribution in [-0.2, 0) is 16.1 Å². The van der Waals surface area contributed by atoms with E-state index in [0.29, 0.717) is 23.7 Å². The number of thioether (sulfide) groups is 1. The second-order valence-corrected chi connectivity index (χ2v) is 8.94. The lowest BCUT2D eigenvalue weighted by Crippen LogP contribution is -2.49. The molecule has 2 aromatic rings. The molecule has 0 bridgehead atoms. The molecule has 0 spiro atoms. The third-order valence-electron chi connectivity index (χ3n) is 4.50. The molecule has 6 heteroatoms. The van der Waals surface area contributed by atoms with Crippen molar-refractivity contribution in [1.29, 1.82) is 0 Å². The highest BCUT2D eigenvalue weighted by Gasteiger charge is 2.26. The molecule has 0 aromatic heterocycles. The molecular formula is C23H29ClN2O2S. The largest absolute Gasteiger partial charge is 0.352 e. The molecule has 29 heavy (non-hydrogen) atoms. The van der Waals surface area contributed by atoms with Crippen LogP contribution in [0.3, 0.4) is 0 Å². The van der Waals surface area contributed by atoms with Gasteiger partial charge in [-0.05, 0) is 51.5 Å². The topological polar surface area (TPSA) is 49.4 Å². The molecule has 4 nitrogen and oxygen atoms in total. The van der Waals surface area contributed by atoms with Crippen molar-refractivity contribution in [3.05, 3.63) is 64.7 Å². The number of hydrogen-bond donors (Lipinski definition) is 1. The number of halogens is 1. The minimum atomic E-state index is -0.578. The first kappa shape index (κ1) is 23.3. The second-order valence-electron chi connectivity index (χ2n) is 7.36. The third-order valence-corrected chi connectivity index (χ3v) is 5.88. The van der Waals surface area contributed by atoms with Gasteiger partial charge in [0.15, 0.2) is 0 Å². The fourth-order valence-corrected chi connectivity index (χ4v) is 3.87. The highest BCUT2D eigenvalue weighted by Crippen LogP contribution is 2.22. The minimum absolute atomic E-state index is 0.0132. The molecule has 0 saturated heterocycles. The molecule has 0 radical (unpaired) electrons. The monoisotopic (exact) mass is 432 g/mol. The zero-order valence-corrected chi connectivity index (χ0v) is 19.0. The Morgan fingerprint density at radius 2 is 1.72 bits per heavy atom. The summed E-state index contributed by atoms with van der Waals surface area (Å²) in [5, 5.41) is 3.49. The highest BCUT2D eigenvalue weighted by molar-refractivity contribution is 7.99. The summed E-state index contributed by atoms with van der Waals surface area (Å²) < 4.78 is 0. The van der Waals surface area contributed by atoms with Gasteiger partial charge in [0.2, 0.25) is 11.8 Å². The summed E-state index contributed by atoms with van der Waals surface area (Å²) in [6.07, 6.45) is 0.349. The molecule has 0 aliphatic carbocycles. The number of nitrogens with zero attached hydrogens (tertiary/aromatic N) is 1. The van der Waals surface area contributed by atoms with Crippen molar-refractivity contribution in [1.82, 2.24) is 10.2 Å². The molecule has 0 saturated carbocycles. The molecule has 1 atom stereocenters. The van der Waals surface area contributed by atoms with Gasteiger partial charge in [0.1, 0.15) is 6.04 Å². The Morgan fingerprint density at radius 1 is 1.07 bits per heavy atom. The van der Waals surface area contributed by atoms with Crippen molar-refractivity contribution >= 4 is 35.2 Å². The Balaban J connectivity index is 2.07. The number of carbonyl (C=O) groups excluding carboxylic acids is 2. The summed E-state index contributed by atoms with van der Waals surface area (Å²) in [4.78, 5) is 28.3. The van der Waals surface area contributed by atoms with Crippen LogP contribution >= 0.6 is 23.4 Å². The van der Waals surface area contributed by atoms with Gasteiger partial charge in [-0.25, -0.2) is 0 Å². The Hall–Kier alpha value is -1.98. The number of hydrogen-bond acceptors (Lipinski definition) is 3. The molecule has 156 valence electrons. The Kier molecular flexibility index (Phi) is 9.05. The van der Waals surface area contributed by atoms with Gasteiger partial charge in [-0.1, -0.05) is 47.5 Å². The van der Waals surface area contributed by atoms with E-state index in [4.69, 9.17) is 11.6 Å². The van der Waals surface area contributed by atoms with Gasteiger partial charge < -0.3 is 10.2 Å². The van der Waals surface area contributed by atoms with Gasteiger partial charge in [0, 0.05) is 34.7 Å². The van der Waals surface area contributed by atoms with E-state index in [2.05, 4.69) is 29.6 Å². The van der Waals surface area contributed by atoms with E-state index in [1.807, 2.05) is 39.0 Å². The van der Waals surface area contributed by atoms with Gasteiger partial charge in [-0.2, -0.15) is 0 Å². The van der Waals surface area contributed by atoms with Gasteiger partial charge >= 0.3 is 0 Å². The zero-order valence-electron chi connectivity index (χ0n) is 17.4. The molecule has 2 rings (SSSR count). The lowest BCUT2D eigenvalue weighted by molar-refractivity contribution is -0.140. The molecular weight excluding hydrogens is 404 g/mol. The Morgan fingerprint density at radius 3 is 2.34 bits per heavy atom. The van der Waals surface area contributed by atoms with Crippen molar-refractivity contribution in [2.45, 2.75) is 57.6 Å². The van der Waals surface area contributed by atoms with E-state index < -0.39 is 6.04 Å². The maximum absolute atomic E-state index is 13.0. The number of carbonyl (C=O) groups is 2. The van der Waals surface area contributed by atoms with E-state index in [9.17, 15) is 9.59 Å². The van der Waals surface area contributed by atoms with E-state index in [-0.39, 0.29) is 17.9 Å². The molecule has 2 amide bonds. The van der Waals surface area contributed by atoms with Crippen LogP contribution < -0.4 is 5.32 Å². The van der Waals surface area contributed by atoms with Crippen LogP contribution in [0.2, 0.25) is 5.02 Å². The van der Waals surface area contributed by atoms with E-state index in [1.54, 1.807) is 29.7 Å². The maximum Gasteiger partial charge on any atom is 0.242 e. The number of rotatable bonds is 9. The van der Waals surface area contributed by atoms with Crippen LogP contribution in [0.4, 0.5) is 0 Å². The highest BCUT2D eigenvalue weighted by atomic mass is 35.5. The Labute approximate surface area is 183 Å². The smallest absolute Gasteiger partial charge is 0.242 e. The zero-order chi connectivity index (χ0) is 21.4. The lowest BCUT2D eigenvalue weighted by atomic mass is 10.1. The summed E-state index contributed by atoms with van der Waals surface area (Å²) in [5.41, 5.74) is 2.04. The first-order valence-corrected chi connectivity index (χ1v) is 11.2. The van der Waals surface area contributed by atoms with Crippen molar-refractivity contribution in [3.63, 3.8) is 0 Å². The van der Waals surface area contributed by atoms with Gasteiger partial charge in [-0.15, -0.1) is 11.8 Å². The second kappa shape index (κ2) is 11.3. The quantitative estimate of drug-likeness (QED) is 0.562. The third kappa shape index (κ3) is 7.41. The molecule has 0 aliphatic rings. The van der Waals surface area contributed by atoms with Crippen molar-refractivity contribution in [2.24, 2.45) is 0 Å². The average molecular weight is 433 g/mol. The van der Waals surface area contributed by atoms with E-state index in [0.717, 1.165) is 10.5 Å². The number of nitrogens with one attached hydrogen (secondary N) is 1. The van der Waals surface area contributed by atoms with E-state index in [1.165, 1.54) is 5.56 Å². The molecule has 0 aliphatic heterocycles. The van der Waals surface area contributed by atoms with Crippen LogP contribution in [0.5, 0.6) is 0 Å². The number of aryl methyl sites for hydroxylation is 1. The van der Waals surface area contributed by atoms with Crippen LogP contribution in [0.15, 0.2) is 53.4 Å². The summed E-state index contributed by atoms with van der Waals surface area (Å²) in [6.45, 7) is 7.93. The normalized spacial score (nSPS) is 11.9. The molecule has 2 aromatic carbocycles. The lowest BCUT2D eigenvalue weighted by Gasteiger charge is -2.29. The number of amides is 2. The SMILES string of the molecule is Cc1ccc(SCCC(=O)N(Cc2ccccc2Cl)[C@H](C)C(=O)NC(C)C)cc1. The average Bonchev–Trinajstić information content (AvgIpc) is 2.67. The summed E-state index contributed by atoms with van der Waals surface area (Å²) in [5.74, 6) is 0.432. The van der Waals surface area contributed by atoms with Crippen molar-refractivity contribution in [2.75, 3.05) is 5.75 Å². The maximum atomic E-state index is 13.0. The van der Waals surface area contributed by atoms with Crippen LogP contribution in [0.25, 0.3) is 0 Å². The predicted octanol–water partition coefficient (Wildman–Crippen LogP) is 5.07. The predicted molar refractivity (Wildman–Crippen MR) is 121 cm³/mol. The molecule has 0 heterocycles. The van der Waals surface area contributed by atoms with Crippen LogP contribution in [0, 0.1) is 6.92 Å². The van der Waals surface area contributed by atoms with Gasteiger partial charge in [-0.3, -0.25) is 9.59 Å². The van der Waals surface area contributed by atoms with Crippen molar-refractivity contribution in [3.8, 4) is 0 Å². The minimum Gasteiger partial charge on any atom is -0.352 e. The standard InChI is InChI=1S/C23H29ClN2O2S/c1-16(2)25-23(28)18(4)26(15-19-7-5-6-8-21(19)24)22(27)13-14-29-20-11-9-17(3)10-12-20/h5-12,16,18H,13-15H2,1-4H3,(H,25,28)/t18-/m1/s1. The first-order valence-electron chi connectivity index (χ1n) is 9.80. The Bertz CT molecular complexity index is 824. The van der Waals surface area contributed by atoms with Crippen LogP contribution in [-0.4, -0.2) is 34.6 Å². The molecule has 0 unspecified atom stereocenters. The van der Waals surface area contributed by atoms with E-state index >= 15 is 0 Å². The van der Waals surface area contributed by atoms with Crippen molar-refractivity contribution < 1.29 is 9.59 Å². The fraction of sp³-hybridized carbons (Fsp3) is 0.391. The molecule has 0 fully saturated rings. The van der Waals surface area contributed by atoms with Crippen LogP contribution in [0.1, 0.15) is 38.3 Å². The summed E-state index contributed by atoms with van der Waals surface area (Å²) >= 11 is 7.94.